The van der Waals surface area contributed by atoms with Crippen LogP contribution in [0, 0.1) is 0 Å². The van der Waals surface area contributed by atoms with Crippen LogP contribution in [0.15, 0.2) is 174 Å². The Hall–Kier alpha value is -6.52. The van der Waals surface area contributed by atoms with Crippen LogP contribution >= 0.6 is 0 Å². The second-order valence-corrected chi connectivity index (χ2v) is 15.5. The number of para-hydroxylation sites is 3. The van der Waals surface area contributed by atoms with Crippen molar-refractivity contribution in [3.8, 4) is 16.8 Å². The number of fused-ring (bicyclic) bond motifs is 9. The topological polar surface area (TPSA) is 34.6 Å². The molecule has 0 radical (unpaired) electrons. The van der Waals surface area contributed by atoms with E-state index in [1.54, 1.807) is 0 Å². The van der Waals surface area contributed by atoms with Gasteiger partial charge in [0.25, 0.3) is 0 Å². The van der Waals surface area contributed by atoms with E-state index in [9.17, 15) is 0 Å². The van der Waals surface area contributed by atoms with Gasteiger partial charge in [-0.3, -0.25) is 9.56 Å². The highest BCUT2D eigenvalue weighted by Gasteiger charge is 2.36. The van der Waals surface area contributed by atoms with Crippen molar-refractivity contribution < 1.29 is 0 Å². The molecule has 2 heterocycles. The van der Waals surface area contributed by atoms with Gasteiger partial charge in [0.2, 0.25) is 0 Å². The van der Waals surface area contributed by atoms with Crippen molar-refractivity contribution in [1.29, 1.82) is 0 Å². The van der Waals surface area contributed by atoms with Crippen LogP contribution in [0.5, 0.6) is 0 Å². The molecule has 2 aromatic heterocycles. The van der Waals surface area contributed by atoms with Gasteiger partial charge >= 0.3 is 0 Å². The minimum atomic E-state index is -0.103. The Balaban J connectivity index is 1.20. The van der Waals surface area contributed by atoms with Gasteiger partial charge in [-0.15, -0.1) is 0 Å². The third-order valence-corrected chi connectivity index (χ3v) is 12.0. The summed E-state index contributed by atoms with van der Waals surface area (Å²) >= 11 is 0. The molecule has 0 spiro atoms. The first kappa shape index (κ1) is 34.0. The zero-order valence-electron chi connectivity index (χ0n) is 32.4. The quantitative estimate of drug-likeness (QED) is 0.121. The standard InChI is InChI=1S/C52H44N4/c1-5-45(34-19-8-7-9-20-34)53-51(54-50(6-2)56-47-29-16-11-24-38(47)39-25-12-17-30-48(39)56)35-21-18-22-36(31-35)55-46-28-15-13-26-40(46)42-32-41-37-23-10-14-27-43(37)52(3,4)44(41)33-49(42)55/h7-33,45H,5-6H2,1-4H3/b53-51-,54-50+. The number of hydrogen-bond acceptors (Lipinski definition) is 1. The van der Waals surface area contributed by atoms with Crippen LogP contribution in [-0.2, 0) is 5.41 Å². The summed E-state index contributed by atoms with van der Waals surface area (Å²) in [4.78, 5) is 11.1. The first-order valence-electron chi connectivity index (χ1n) is 19.9. The Labute approximate surface area is 328 Å². The van der Waals surface area contributed by atoms with Gasteiger partial charge in [0, 0.05) is 44.6 Å². The van der Waals surface area contributed by atoms with Crippen molar-refractivity contribution in [2.24, 2.45) is 9.98 Å². The Morgan fingerprint density at radius 1 is 0.554 bits per heavy atom. The lowest BCUT2D eigenvalue weighted by Crippen LogP contribution is -2.15. The summed E-state index contributed by atoms with van der Waals surface area (Å²) in [6.07, 6.45) is 1.59. The van der Waals surface area contributed by atoms with E-state index in [1.807, 2.05) is 0 Å². The molecule has 4 nitrogen and oxygen atoms in total. The average Bonchev–Trinajstić information content (AvgIpc) is 3.84. The lowest BCUT2D eigenvalue weighted by molar-refractivity contribution is 0.661. The second-order valence-electron chi connectivity index (χ2n) is 15.5. The van der Waals surface area contributed by atoms with Crippen LogP contribution in [0.2, 0.25) is 0 Å². The van der Waals surface area contributed by atoms with Gasteiger partial charge in [-0.2, -0.15) is 0 Å². The molecule has 1 unspecified atom stereocenters. The number of aromatic nitrogens is 2. The normalized spacial score (nSPS) is 14.5. The number of benzene rings is 7. The van der Waals surface area contributed by atoms with Crippen LogP contribution in [0.4, 0.5) is 0 Å². The van der Waals surface area contributed by atoms with E-state index < -0.39 is 0 Å². The van der Waals surface area contributed by atoms with Crippen molar-refractivity contribution in [2.45, 2.75) is 52.0 Å². The van der Waals surface area contributed by atoms with Crippen molar-refractivity contribution in [2.75, 3.05) is 0 Å². The molecule has 1 aliphatic carbocycles. The maximum Gasteiger partial charge on any atom is 0.157 e. The summed E-state index contributed by atoms with van der Waals surface area (Å²) in [5.41, 5.74) is 13.3. The fourth-order valence-electron chi connectivity index (χ4n) is 9.23. The SMILES string of the molecule is CC/C(=N\C(=N/C(CC)c1ccccc1)c1cccc(-n2c3ccccc3c3cc4c(cc32)C(C)(C)c2ccccc2-4)c1)n1c2ccccc2c2ccccc21. The van der Waals surface area contributed by atoms with E-state index in [4.69, 9.17) is 9.98 Å². The van der Waals surface area contributed by atoms with Crippen LogP contribution in [0.3, 0.4) is 0 Å². The van der Waals surface area contributed by atoms with Gasteiger partial charge in [-0.1, -0.05) is 149 Å². The first-order chi connectivity index (χ1) is 27.5. The fraction of sp³-hybridized carbons (Fsp3) is 0.154. The Morgan fingerprint density at radius 3 is 1.88 bits per heavy atom. The molecule has 0 N–H and O–H groups in total. The van der Waals surface area contributed by atoms with Gasteiger partial charge in [0.1, 0.15) is 5.84 Å². The molecule has 56 heavy (non-hydrogen) atoms. The van der Waals surface area contributed by atoms with Gasteiger partial charge in [0.15, 0.2) is 5.84 Å². The van der Waals surface area contributed by atoms with E-state index in [0.29, 0.717) is 0 Å². The highest BCUT2D eigenvalue weighted by molar-refractivity contribution is 6.17. The van der Waals surface area contributed by atoms with Crippen molar-refractivity contribution in [3.05, 3.63) is 186 Å². The summed E-state index contributed by atoms with van der Waals surface area (Å²) in [6, 6.07) is 59.4. The molecular weight excluding hydrogens is 681 g/mol. The second kappa shape index (κ2) is 13.3. The largest absolute Gasteiger partial charge is 0.309 e. The van der Waals surface area contributed by atoms with Crippen molar-refractivity contribution >= 4 is 55.3 Å². The molecule has 0 fully saturated rings. The molecule has 0 saturated heterocycles. The smallest absolute Gasteiger partial charge is 0.157 e. The van der Waals surface area contributed by atoms with E-state index in [-0.39, 0.29) is 11.5 Å². The Bertz CT molecular complexity index is 2970. The molecule has 9 aromatic rings. The number of hydrogen-bond donors (Lipinski definition) is 0. The number of aliphatic imine (C=N–C) groups is 2. The molecule has 0 aliphatic heterocycles. The molecule has 1 aliphatic rings. The Morgan fingerprint density at radius 2 is 1.18 bits per heavy atom. The average molecular weight is 725 g/mol. The number of nitrogens with zero attached hydrogens (tertiary/aromatic N) is 4. The molecule has 0 amide bonds. The molecule has 0 bridgehead atoms. The summed E-state index contributed by atoms with van der Waals surface area (Å²) in [5, 5.41) is 4.97. The Kier molecular flexibility index (Phi) is 8.11. The van der Waals surface area contributed by atoms with E-state index in [1.165, 1.54) is 60.4 Å². The minimum Gasteiger partial charge on any atom is -0.309 e. The summed E-state index contributed by atoms with van der Waals surface area (Å²) in [7, 11) is 0. The van der Waals surface area contributed by atoms with Crippen LogP contribution in [0.1, 0.15) is 68.8 Å². The van der Waals surface area contributed by atoms with Crippen molar-refractivity contribution in [3.63, 3.8) is 0 Å². The zero-order valence-corrected chi connectivity index (χ0v) is 32.4. The predicted octanol–water partition coefficient (Wildman–Crippen LogP) is 13.5. The van der Waals surface area contributed by atoms with Crippen LogP contribution < -0.4 is 0 Å². The van der Waals surface area contributed by atoms with Gasteiger partial charge in [-0.05, 0) is 76.7 Å². The number of amidine groups is 1. The maximum absolute atomic E-state index is 5.58. The molecule has 4 heteroatoms. The maximum atomic E-state index is 5.58. The van der Waals surface area contributed by atoms with Gasteiger partial charge in [0.05, 0.1) is 28.1 Å². The third kappa shape index (κ3) is 5.27. The van der Waals surface area contributed by atoms with Crippen LogP contribution in [-0.4, -0.2) is 20.8 Å². The molecule has 0 saturated carbocycles. The molecule has 1 atom stereocenters. The molecule has 272 valence electrons. The number of rotatable bonds is 6. The highest BCUT2D eigenvalue weighted by Crippen LogP contribution is 2.51. The predicted molar refractivity (Wildman–Crippen MR) is 237 cm³/mol. The first-order valence-corrected chi connectivity index (χ1v) is 19.9. The monoisotopic (exact) mass is 724 g/mol. The molecule has 7 aromatic carbocycles. The lowest BCUT2D eigenvalue weighted by atomic mass is 9.82. The summed E-state index contributed by atoms with van der Waals surface area (Å²) in [5.74, 6) is 1.70. The summed E-state index contributed by atoms with van der Waals surface area (Å²) < 4.78 is 4.78. The fourth-order valence-corrected chi connectivity index (χ4v) is 9.23. The van der Waals surface area contributed by atoms with E-state index in [0.717, 1.165) is 46.8 Å². The van der Waals surface area contributed by atoms with E-state index in [2.05, 4.69) is 201 Å². The third-order valence-electron chi connectivity index (χ3n) is 12.0. The highest BCUT2D eigenvalue weighted by atomic mass is 15.1. The van der Waals surface area contributed by atoms with Gasteiger partial charge in [-0.25, -0.2) is 4.99 Å². The van der Waals surface area contributed by atoms with Crippen molar-refractivity contribution in [1.82, 2.24) is 9.13 Å². The van der Waals surface area contributed by atoms with E-state index >= 15 is 0 Å². The van der Waals surface area contributed by atoms with Crippen LogP contribution in [0.25, 0.3) is 60.4 Å². The molecule has 10 rings (SSSR count). The molecular formula is C52H44N4. The lowest BCUT2D eigenvalue weighted by Gasteiger charge is -2.21. The zero-order chi connectivity index (χ0) is 38.0. The minimum absolute atomic E-state index is 0.0467. The van der Waals surface area contributed by atoms with Gasteiger partial charge < -0.3 is 4.57 Å². The summed E-state index contributed by atoms with van der Waals surface area (Å²) in [6.45, 7) is 9.12.